The third-order valence-electron chi connectivity index (χ3n) is 2.67. The molecule has 1 aromatic carbocycles. The number of imide groups is 1. The lowest BCUT2D eigenvalue weighted by Crippen LogP contribution is -2.45. The maximum absolute atomic E-state index is 12.0. The summed E-state index contributed by atoms with van der Waals surface area (Å²) in [6.07, 6.45) is -1.10. The van der Waals surface area contributed by atoms with Gasteiger partial charge in [0.1, 0.15) is 5.75 Å². The lowest BCUT2D eigenvalue weighted by Gasteiger charge is -2.19. The van der Waals surface area contributed by atoms with Crippen LogP contribution in [-0.2, 0) is 9.53 Å². The number of carbonyl (C=O) groups is 3. The van der Waals surface area contributed by atoms with E-state index in [9.17, 15) is 14.4 Å². The van der Waals surface area contributed by atoms with Gasteiger partial charge in [0.05, 0.1) is 12.7 Å². The molecule has 0 aliphatic heterocycles. The molecule has 1 atom stereocenters. The molecule has 0 radical (unpaired) electrons. The second kappa shape index (κ2) is 7.28. The number of benzene rings is 1. The summed E-state index contributed by atoms with van der Waals surface area (Å²) in [5.74, 6) is -1.14. The van der Waals surface area contributed by atoms with Crippen molar-refractivity contribution < 1.29 is 23.9 Å². The van der Waals surface area contributed by atoms with Gasteiger partial charge in [-0.25, -0.2) is 9.59 Å². The van der Waals surface area contributed by atoms with Crippen LogP contribution in [0.3, 0.4) is 0 Å². The molecule has 0 heterocycles. The molecule has 0 aliphatic rings. The van der Waals surface area contributed by atoms with E-state index < -0.39 is 24.0 Å². The molecule has 0 aliphatic carbocycles. The minimum Gasteiger partial charge on any atom is -0.497 e. The fourth-order valence-corrected chi connectivity index (χ4v) is 1.60. The van der Waals surface area contributed by atoms with Crippen LogP contribution >= 0.6 is 0 Å². The third kappa shape index (κ3) is 4.79. The van der Waals surface area contributed by atoms with Crippen molar-refractivity contribution in [3.63, 3.8) is 0 Å². The highest BCUT2D eigenvalue weighted by Crippen LogP contribution is 2.15. The molecule has 3 amide bonds. The number of hydrogen-bond acceptors (Lipinski definition) is 5. The first-order valence-electron chi connectivity index (χ1n) is 6.30. The first kappa shape index (κ1) is 16.5. The normalized spacial score (nSPS) is 11.6. The number of rotatable bonds is 5. The highest BCUT2D eigenvalue weighted by atomic mass is 16.5. The van der Waals surface area contributed by atoms with Crippen LogP contribution in [0.15, 0.2) is 24.3 Å². The zero-order valence-electron chi connectivity index (χ0n) is 12.1. The number of nitrogens with two attached hydrogens (primary N) is 1. The number of nitrogens with one attached hydrogen (secondary N) is 1. The average molecular weight is 294 g/mol. The topological polar surface area (TPSA) is 108 Å². The van der Waals surface area contributed by atoms with Crippen molar-refractivity contribution in [2.24, 2.45) is 11.7 Å². The molecule has 7 nitrogen and oxygen atoms in total. The minimum absolute atomic E-state index is 0.272. The number of primary amides is 1. The number of amides is 3. The average Bonchev–Trinajstić information content (AvgIpc) is 2.43. The Labute approximate surface area is 122 Å². The van der Waals surface area contributed by atoms with E-state index in [1.165, 1.54) is 19.2 Å². The lowest BCUT2D eigenvalue weighted by molar-refractivity contribution is -0.130. The Morgan fingerprint density at radius 1 is 1.14 bits per heavy atom. The molecule has 1 aromatic rings. The molecule has 0 saturated carbocycles. The smallest absolute Gasteiger partial charge is 0.338 e. The second-order valence-electron chi connectivity index (χ2n) is 4.65. The van der Waals surface area contributed by atoms with Crippen molar-refractivity contribution in [1.29, 1.82) is 0 Å². The second-order valence-corrected chi connectivity index (χ2v) is 4.65. The Bertz CT molecular complexity index is 525. The fourth-order valence-electron chi connectivity index (χ4n) is 1.60. The number of methoxy groups -OCH3 is 1. The standard InChI is InChI=1S/C14H18N2O5/c1-8(2)11(12(17)16-14(15)19)21-13(18)9-4-6-10(20-3)7-5-9/h4-8,11H,1-3H3,(H3,15,16,17,19)/t11-/m1/s1. The van der Waals surface area contributed by atoms with E-state index in [2.05, 4.69) is 0 Å². The van der Waals surface area contributed by atoms with Crippen LogP contribution in [0.25, 0.3) is 0 Å². The van der Waals surface area contributed by atoms with Gasteiger partial charge in [-0.1, -0.05) is 13.8 Å². The van der Waals surface area contributed by atoms with Crippen molar-refractivity contribution in [2.45, 2.75) is 20.0 Å². The summed E-state index contributed by atoms with van der Waals surface area (Å²) in [5.41, 5.74) is 5.15. The molecule has 1 rings (SSSR count). The molecule has 0 spiro atoms. The Hall–Kier alpha value is -2.57. The highest BCUT2D eigenvalue weighted by Gasteiger charge is 2.27. The van der Waals surface area contributed by atoms with Crippen LogP contribution in [0.1, 0.15) is 24.2 Å². The quantitative estimate of drug-likeness (QED) is 0.790. The minimum atomic E-state index is -1.10. The first-order chi connectivity index (χ1) is 9.85. The molecule has 0 bridgehead atoms. The van der Waals surface area contributed by atoms with Gasteiger partial charge in [0.15, 0.2) is 6.10 Å². The van der Waals surface area contributed by atoms with Crippen molar-refractivity contribution in [3.8, 4) is 5.75 Å². The number of esters is 1. The van der Waals surface area contributed by atoms with Crippen LogP contribution in [-0.4, -0.2) is 31.1 Å². The van der Waals surface area contributed by atoms with E-state index in [-0.39, 0.29) is 11.5 Å². The van der Waals surface area contributed by atoms with Gasteiger partial charge in [-0.15, -0.1) is 0 Å². The van der Waals surface area contributed by atoms with Gasteiger partial charge in [-0.05, 0) is 30.2 Å². The Morgan fingerprint density at radius 3 is 2.14 bits per heavy atom. The van der Waals surface area contributed by atoms with Crippen LogP contribution in [0.2, 0.25) is 0 Å². The molecule has 0 unspecified atom stereocenters. The highest BCUT2D eigenvalue weighted by molar-refractivity contribution is 5.98. The summed E-state index contributed by atoms with van der Waals surface area (Å²) in [6.45, 7) is 3.37. The lowest BCUT2D eigenvalue weighted by atomic mass is 10.1. The van der Waals surface area contributed by atoms with Crippen LogP contribution < -0.4 is 15.8 Å². The van der Waals surface area contributed by atoms with Crippen LogP contribution in [0.5, 0.6) is 5.75 Å². The zero-order valence-corrected chi connectivity index (χ0v) is 12.1. The predicted molar refractivity (Wildman–Crippen MR) is 74.8 cm³/mol. The van der Waals surface area contributed by atoms with E-state index in [4.69, 9.17) is 15.2 Å². The van der Waals surface area contributed by atoms with Gasteiger partial charge in [0.2, 0.25) is 0 Å². The van der Waals surface area contributed by atoms with Gasteiger partial charge in [-0.2, -0.15) is 0 Å². The monoisotopic (exact) mass is 294 g/mol. The molecular formula is C14H18N2O5. The summed E-state index contributed by atoms with van der Waals surface area (Å²) >= 11 is 0. The molecule has 7 heteroatoms. The molecule has 0 saturated heterocycles. The summed E-state index contributed by atoms with van der Waals surface area (Å²) in [5, 5.41) is 1.90. The number of carbonyl (C=O) groups excluding carboxylic acids is 3. The predicted octanol–water partition coefficient (Wildman–Crippen LogP) is 1.07. The fraction of sp³-hybridized carbons (Fsp3) is 0.357. The van der Waals surface area contributed by atoms with Crippen molar-refractivity contribution in [1.82, 2.24) is 5.32 Å². The molecule has 0 fully saturated rings. The van der Waals surface area contributed by atoms with E-state index in [1.54, 1.807) is 26.0 Å². The van der Waals surface area contributed by atoms with Crippen molar-refractivity contribution in [3.05, 3.63) is 29.8 Å². The molecule has 114 valence electrons. The van der Waals surface area contributed by atoms with Crippen molar-refractivity contribution in [2.75, 3.05) is 7.11 Å². The Kier molecular flexibility index (Phi) is 5.71. The SMILES string of the molecule is COc1ccc(C(=O)O[C@@H](C(=O)NC(N)=O)C(C)C)cc1. The van der Waals surface area contributed by atoms with E-state index in [1.807, 2.05) is 5.32 Å². The number of hydrogen-bond donors (Lipinski definition) is 2. The molecule has 21 heavy (non-hydrogen) atoms. The van der Waals surface area contributed by atoms with Gasteiger partial charge < -0.3 is 15.2 Å². The van der Waals surface area contributed by atoms with Gasteiger partial charge >= 0.3 is 12.0 Å². The van der Waals surface area contributed by atoms with E-state index in [0.717, 1.165) is 0 Å². The summed E-state index contributed by atoms with van der Waals surface area (Å²) in [4.78, 5) is 34.4. The Morgan fingerprint density at radius 2 is 1.71 bits per heavy atom. The maximum Gasteiger partial charge on any atom is 0.338 e. The summed E-state index contributed by atoms with van der Waals surface area (Å²) in [6, 6.07) is 5.25. The molecular weight excluding hydrogens is 276 g/mol. The zero-order chi connectivity index (χ0) is 16.0. The number of urea groups is 1. The summed E-state index contributed by atoms with van der Waals surface area (Å²) < 4.78 is 10.1. The summed E-state index contributed by atoms with van der Waals surface area (Å²) in [7, 11) is 1.51. The van der Waals surface area contributed by atoms with E-state index in [0.29, 0.717) is 5.75 Å². The van der Waals surface area contributed by atoms with Crippen LogP contribution in [0.4, 0.5) is 4.79 Å². The third-order valence-corrected chi connectivity index (χ3v) is 2.67. The van der Waals surface area contributed by atoms with Gasteiger partial charge in [0, 0.05) is 0 Å². The maximum atomic E-state index is 12.0. The van der Waals surface area contributed by atoms with Crippen LogP contribution in [0, 0.1) is 5.92 Å². The van der Waals surface area contributed by atoms with E-state index >= 15 is 0 Å². The molecule has 0 aromatic heterocycles. The largest absolute Gasteiger partial charge is 0.497 e. The van der Waals surface area contributed by atoms with Crippen molar-refractivity contribution >= 4 is 17.9 Å². The molecule has 3 N–H and O–H groups in total. The first-order valence-corrected chi connectivity index (χ1v) is 6.30. The van der Waals surface area contributed by atoms with Gasteiger partial charge in [0.25, 0.3) is 5.91 Å². The Balaban J connectivity index is 2.80. The number of ether oxygens (including phenoxy) is 2. The van der Waals surface area contributed by atoms with Gasteiger partial charge in [-0.3, -0.25) is 10.1 Å².